The van der Waals surface area contributed by atoms with E-state index in [1.807, 2.05) is 42.5 Å². The van der Waals surface area contributed by atoms with Crippen molar-refractivity contribution in [2.75, 3.05) is 0 Å². The summed E-state index contributed by atoms with van der Waals surface area (Å²) in [7, 11) is 0. The summed E-state index contributed by atoms with van der Waals surface area (Å²) in [6.07, 6.45) is 5.48. The van der Waals surface area contributed by atoms with Gasteiger partial charge in [-0.05, 0) is 46.9 Å². The summed E-state index contributed by atoms with van der Waals surface area (Å²) in [5, 5.41) is 3.14. The molecule has 0 spiro atoms. The zero-order chi connectivity index (χ0) is 20.6. The monoisotopic (exact) mass is 393 g/mol. The quantitative estimate of drug-likeness (QED) is 0.388. The molecule has 1 amide bonds. The fraction of sp³-hybridized carbons (Fsp3) is 0.0741. The zero-order valence-electron chi connectivity index (χ0n) is 16.6. The first-order chi connectivity index (χ1) is 14.8. The van der Waals surface area contributed by atoms with Crippen LogP contribution in [0.1, 0.15) is 22.9 Å². The maximum atomic E-state index is 12.6. The lowest BCUT2D eigenvalue weighted by atomic mass is 9.96. The van der Waals surface area contributed by atoms with E-state index in [1.165, 1.54) is 17.2 Å². The van der Waals surface area contributed by atoms with Gasteiger partial charge in [-0.2, -0.15) is 0 Å². The van der Waals surface area contributed by atoms with Gasteiger partial charge < -0.3 is 9.73 Å². The minimum Gasteiger partial charge on any atom is -0.465 e. The summed E-state index contributed by atoms with van der Waals surface area (Å²) in [6, 6.07) is 32.3. The highest BCUT2D eigenvalue weighted by molar-refractivity contribution is 5.91. The number of nitrogens with one attached hydrogen (secondary N) is 1. The summed E-state index contributed by atoms with van der Waals surface area (Å²) >= 11 is 0. The molecule has 0 fully saturated rings. The van der Waals surface area contributed by atoms with Crippen molar-refractivity contribution in [3.8, 4) is 11.1 Å². The van der Waals surface area contributed by atoms with E-state index in [-0.39, 0.29) is 11.9 Å². The van der Waals surface area contributed by atoms with Gasteiger partial charge in [-0.3, -0.25) is 4.79 Å². The normalized spacial score (nSPS) is 12.0. The van der Waals surface area contributed by atoms with Crippen LogP contribution in [0.4, 0.5) is 0 Å². The molecule has 3 nitrogen and oxygen atoms in total. The molecular formula is C27H23NO2. The van der Waals surface area contributed by atoms with Gasteiger partial charge in [0.05, 0.1) is 12.3 Å². The Morgan fingerprint density at radius 1 is 0.800 bits per heavy atom. The van der Waals surface area contributed by atoms with Gasteiger partial charge in [-0.15, -0.1) is 0 Å². The molecule has 4 aromatic rings. The number of amides is 1. The highest BCUT2D eigenvalue weighted by Gasteiger charge is 2.14. The third-order valence-corrected chi connectivity index (χ3v) is 4.96. The lowest BCUT2D eigenvalue weighted by Gasteiger charge is -2.19. The molecule has 1 aromatic heterocycles. The van der Waals surface area contributed by atoms with Crippen LogP contribution in [-0.2, 0) is 11.2 Å². The first kappa shape index (κ1) is 19.5. The molecule has 4 rings (SSSR count). The number of furan rings is 1. The molecule has 1 heterocycles. The fourth-order valence-electron chi connectivity index (χ4n) is 3.40. The first-order valence-electron chi connectivity index (χ1n) is 9.99. The number of carbonyl (C=O) groups is 1. The van der Waals surface area contributed by atoms with Gasteiger partial charge in [0.2, 0.25) is 5.91 Å². The molecule has 0 aliphatic heterocycles. The predicted molar refractivity (Wildman–Crippen MR) is 121 cm³/mol. The van der Waals surface area contributed by atoms with Gasteiger partial charge in [0.1, 0.15) is 5.76 Å². The Morgan fingerprint density at radius 2 is 1.47 bits per heavy atom. The number of rotatable bonds is 7. The number of benzene rings is 3. The Balaban J connectivity index is 1.54. The summed E-state index contributed by atoms with van der Waals surface area (Å²) in [5.74, 6) is 0.497. The molecule has 0 aliphatic rings. The average molecular weight is 393 g/mol. The molecule has 3 heteroatoms. The fourth-order valence-corrected chi connectivity index (χ4v) is 3.40. The van der Waals surface area contributed by atoms with Crippen molar-refractivity contribution in [3.63, 3.8) is 0 Å². The second-order valence-electron chi connectivity index (χ2n) is 7.09. The molecule has 1 atom stereocenters. The Labute approximate surface area is 176 Å². The third-order valence-electron chi connectivity index (χ3n) is 4.96. The van der Waals surface area contributed by atoms with Crippen LogP contribution in [0.2, 0.25) is 0 Å². The Morgan fingerprint density at radius 3 is 2.13 bits per heavy atom. The van der Waals surface area contributed by atoms with Crippen LogP contribution in [0.5, 0.6) is 0 Å². The lowest BCUT2D eigenvalue weighted by Crippen LogP contribution is -2.28. The summed E-state index contributed by atoms with van der Waals surface area (Å²) in [5.41, 5.74) is 4.57. The van der Waals surface area contributed by atoms with Crippen molar-refractivity contribution in [3.05, 3.63) is 126 Å². The van der Waals surface area contributed by atoms with E-state index in [4.69, 9.17) is 4.42 Å². The molecule has 148 valence electrons. The maximum Gasteiger partial charge on any atom is 0.244 e. The van der Waals surface area contributed by atoms with Gasteiger partial charge in [0.15, 0.2) is 0 Å². The molecule has 0 bridgehead atoms. The van der Waals surface area contributed by atoms with Crippen LogP contribution < -0.4 is 5.32 Å². The third kappa shape index (κ3) is 5.15. The second-order valence-corrected chi connectivity index (χ2v) is 7.09. The number of hydrogen-bond acceptors (Lipinski definition) is 2. The van der Waals surface area contributed by atoms with Crippen molar-refractivity contribution in [2.45, 2.75) is 12.5 Å². The smallest absolute Gasteiger partial charge is 0.244 e. The molecule has 3 aromatic carbocycles. The highest BCUT2D eigenvalue weighted by atomic mass is 16.3. The van der Waals surface area contributed by atoms with Crippen LogP contribution in [0.25, 0.3) is 17.2 Å². The van der Waals surface area contributed by atoms with Crippen molar-refractivity contribution in [1.82, 2.24) is 5.32 Å². The van der Waals surface area contributed by atoms with Crippen LogP contribution in [0.15, 0.2) is 114 Å². The first-order valence-corrected chi connectivity index (χ1v) is 9.99. The Bertz CT molecular complexity index is 1080. The minimum atomic E-state index is -0.153. The largest absolute Gasteiger partial charge is 0.465 e. The zero-order valence-corrected chi connectivity index (χ0v) is 16.6. The van der Waals surface area contributed by atoms with Crippen LogP contribution in [0, 0.1) is 0 Å². The van der Waals surface area contributed by atoms with Crippen molar-refractivity contribution in [1.29, 1.82) is 0 Å². The van der Waals surface area contributed by atoms with Gasteiger partial charge >= 0.3 is 0 Å². The van der Waals surface area contributed by atoms with Gasteiger partial charge in [-0.1, -0.05) is 84.9 Å². The molecule has 0 radical (unpaired) electrons. The van der Waals surface area contributed by atoms with E-state index in [1.54, 1.807) is 18.4 Å². The van der Waals surface area contributed by atoms with Crippen molar-refractivity contribution in [2.24, 2.45) is 0 Å². The van der Waals surface area contributed by atoms with Crippen molar-refractivity contribution >= 4 is 12.0 Å². The lowest BCUT2D eigenvalue weighted by molar-refractivity contribution is -0.117. The molecule has 30 heavy (non-hydrogen) atoms. The molecule has 0 saturated carbocycles. The summed E-state index contributed by atoms with van der Waals surface area (Å²) in [6.45, 7) is 0. The minimum absolute atomic E-state index is 0.133. The molecule has 0 aliphatic carbocycles. The molecular weight excluding hydrogens is 370 g/mol. The van der Waals surface area contributed by atoms with E-state index in [0.29, 0.717) is 12.2 Å². The van der Waals surface area contributed by atoms with Crippen LogP contribution in [-0.4, -0.2) is 5.91 Å². The molecule has 0 saturated heterocycles. The Kier molecular flexibility index (Phi) is 6.21. The molecule has 1 N–H and O–H groups in total. The SMILES string of the molecule is O=C(/C=C/c1ccco1)N[C@@H](Cc1ccccc1)c1ccc(-c2ccccc2)cc1. The van der Waals surface area contributed by atoms with E-state index >= 15 is 0 Å². The van der Waals surface area contributed by atoms with E-state index in [9.17, 15) is 4.79 Å². The van der Waals surface area contributed by atoms with Crippen molar-refractivity contribution < 1.29 is 9.21 Å². The summed E-state index contributed by atoms with van der Waals surface area (Å²) in [4.78, 5) is 12.6. The van der Waals surface area contributed by atoms with Gasteiger partial charge in [-0.25, -0.2) is 0 Å². The standard InChI is InChI=1S/C27H23NO2/c29-27(18-17-25-12-7-19-30-25)28-26(20-21-8-3-1-4-9-21)24-15-13-23(14-16-24)22-10-5-2-6-11-22/h1-19,26H,20H2,(H,28,29)/b18-17+/t26-/m0/s1. The predicted octanol–water partition coefficient (Wildman–Crippen LogP) is 6.06. The van der Waals surface area contributed by atoms with Crippen LogP contribution in [0.3, 0.4) is 0 Å². The molecule has 0 unspecified atom stereocenters. The second kappa shape index (κ2) is 9.57. The van der Waals surface area contributed by atoms with E-state index in [0.717, 1.165) is 11.1 Å². The topological polar surface area (TPSA) is 42.2 Å². The van der Waals surface area contributed by atoms with Crippen LogP contribution >= 0.6 is 0 Å². The highest BCUT2D eigenvalue weighted by Crippen LogP contribution is 2.24. The van der Waals surface area contributed by atoms with E-state index in [2.05, 4.69) is 53.8 Å². The number of hydrogen-bond donors (Lipinski definition) is 1. The Hall–Kier alpha value is -3.85. The van der Waals surface area contributed by atoms with E-state index < -0.39 is 0 Å². The summed E-state index contributed by atoms with van der Waals surface area (Å²) < 4.78 is 5.26. The van der Waals surface area contributed by atoms with Gasteiger partial charge in [0.25, 0.3) is 0 Å². The number of carbonyl (C=O) groups excluding carboxylic acids is 1. The maximum absolute atomic E-state index is 12.6. The average Bonchev–Trinajstić information content (AvgIpc) is 3.33. The van der Waals surface area contributed by atoms with Gasteiger partial charge in [0, 0.05) is 6.08 Å².